The Bertz CT molecular complexity index is 1310. The largest absolute Gasteiger partial charge is 0.480 e. The minimum Gasteiger partial charge on any atom is -0.480 e. The number of aromatic nitrogens is 1. The number of hydrogen-bond acceptors (Lipinski definition) is 6. The molecule has 1 atom stereocenters. The van der Waals surface area contributed by atoms with Gasteiger partial charge in [-0.1, -0.05) is 42.5 Å². The molecule has 0 saturated heterocycles. The number of carboxylic acid groups (broad SMARTS) is 1. The third-order valence-electron chi connectivity index (χ3n) is 5.80. The smallest absolute Gasteiger partial charge is 0.321 e. The van der Waals surface area contributed by atoms with Gasteiger partial charge in [0.05, 0.1) is 5.39 Å². The predicted octanol–water partition coefficient (Wildman–Crippen LogP) is 4.06. The first-order valence-corrected chi connectivity index (χ1v) is 11.8. The summed E-state index contributed by atoms with van der Waals surface area (Å²) < 4.78 is 5.94. The highest BCUT2D eigenvalue weighted by Crippen LogP contribution is 2.17. The van der Waals surface area contributed by atoms with E-state index in [9.17, 15) is 14.7 Å². The van der Waals surface area contributed by atoms with Crippen molar-refractivity contribution >= 4 is 22.8 Å². The molecule has 3 N–H and O–H groups in total. The highest BCUT2D eigenvalue weighted by atomic mass is 16.4. The zero-order valence-electron chi connectivity index (χ0n) is 19.4. The molecule has 0 fully saturated rings. The lowest BCUT2D eigenvalue weighted by Gasteiger charge is -2.15. The van der Waals surface area contributed by atoms with Gasteiger partial charge in [-0.15, -0.1) is 0 Å². The molecule has 0 bridgehead atoms. The monoisotopic (exact) mass is 471 g/mol. The van der Waals surface area contributed by atoms with Gasteiger partial charge >= 0.3 is 5.97 Å². The van der Waals surface area contributed by atoms with Gasteiger partial charge in [-0.05, 0) is 61.2 Å². The van der Waals surface area contributed by atoms with Crippen LogP contribution in [-0.4, -0.2) is 35.2 Å². The number of aliphatic carboxylic acids is 1. The molecule has 2 aromatic carbocycles. The molecule has 0 aliphatic heterocycles. The molecular formula is C28H29N3O4. The molecule has 4 rings (SSSR count). The maximum atomic E-state index is 12.7. The van der Waals surface area contributed by atoms with E-state index in [2.05, 4.69) is 15.6 Å². The van der Waals surface area contributed by atoms with E-state index in [1.165, 1.54) is 6.07 Å². The van der Waals surface area contributed by atoms with E-state index in [4.69, 9.17) is 4.42 Å². The van der Waals surface area contributed by atoms with E-state index >= 15 is 0 Å². The second-order valence-corrected chi connectivity index (χ2v) is 8.44. The van der Waals surface area contributed by atoms with Gasteiger partial charge < -0.3 is 20.2 Å². The second-order valence-electron chi connectivity index (χ2n) is 8.44. The number of nitrogens with one attached hydrogen (secondary N) is 2. The highest BCUT2D eigenvalue weighted by molar-refractivity contribution is 5.78. The Morgan fingerprint density at radius 3 is 2.54 bits per heavy atom. The van der Waals surface area contributed by atoms with Crippen LogP contribution in [0.25, 0.3) is 11.0 Å². The summed E-state index contributed by atoms with van der Waals surface area (Å²) in [4.78, 5) is 28.7. The predicted molar refractivity (Wildman–Crippen MR) is 137 cm³/mol. The molecular weight excluding hydrogens is 442 g/mol. The van der Waals surface area contributed by atoms with E-state index in [0.717, 1.165) is 29.8 Å². The van der Waals surface area contributed by atoms with Crippen molar-refractivity contribution in [1.29, 1.82) is 0 Å². The summed E-state index contributed by atoms with van der Waals surface area (Å²) in [7, 11) is 0. The average molecular weight is 472 g/mol. The van der Waals surface area contributed by atoms with Gasteiger partial charge in [-0.3, -0.25) is 9.59 Å². The van der Waals surface area contributed by atoms with Crippen LogP contribution in [0.4, 0.5) is 5.82 Å². The first-order valence-electron chi connectivity index (χ1n) is 11.8. The van der Waals surface area contributed by atoms with Crippen LogP contribution in [0.2, 0.25) is 0 Å². The van der Waals surface area contributed by atoms with E-state index in [0.29, 0.717) is 36.2 Å². The van der Waals surface area contributed by atoms with Crippen molar-refractivity contribution in [2.24, 2.45) is 0 Å². The fraction of sp³-hybridized carbons (Fsp3) is 0.250. The molecule has 4 aromatic rings. The van der Waals surface area contributed by atoms with E-state index < -0.39 is 12.0 Å². The highest BCUT2D eigenvalue weighted by Gasteiger charge is 2.18. The topological polar surface area (TPSA) is 104 Å². The Morgan fingerprint density at radius 1 is 0.943 bits per heavy atom. The summed E-state index contributed by atoms with van der Waals surface area (Å²) in [6.07, 6.45) is 4.17. The maximum absolute atomic E-state index is 12.7. The minimum absolute atomic E-state index is 0.121. The zero-order chi connectivity index (χ0) is 24.5. The van der Waals surface area contributed by atoms with Crippen molar-refractivity contribution < 1.29 is 14.3 Å². The molecule has 2 aromatic heterocycles. The molecule has 7 heteroatoms. The number of hydrogen-bond donors (Lipinski definition) is 3. The van der Waals surface area contributed by atoms with Gasteiger partial charge in [-0.25, -0.2) is 4.98 Å². The summed E-state index contributed by atoms with van der Waals surface area (Å²) in [5.74, 6) is 0.526. The van der Waals surface area contributed by atoms with Crippen LogP contribution >= 0.6 is 0 Å². The normalized spacial score (nSPS) is 11.9. The molecule has 35 heavy (non-hydrogen) atoms. The van der Waals surface area contributed by atoms with Gasteiger partial charge in [0, 0.05) is 25.2 Å². The first kappa shape index (κ1) is 24.2. The van der Waals surface area contributed by atoms with Gasteiger partial charge in [0.15, 0.2) is 5.43 Å². The van der Waals surface area contributed by atoms with Gasteiger partial charge in [0.25, 0.3) is 0 Å². The zero-order valence-corrected chi connectivity index (χ0v) is 19.4. The number of benzene rings is 2. The fourth-order valence-corrected chi connectivity index (χ4v) is 3.97. The van der Waals surface area contributed by atoms with E-state index in [1.807, 2.05) is 54.6 Å². The van der Waals surface area contributed by atoms with Crippen molar-refractivity contribution in [1.82, 2.24) is 10.3 Å². The van der Waals surface area contributed by atoms with Crippen LogP contribution in [0, 0.1) is 0 Å². The van der Waals surface area contributed by atoms with Crippen LogP contribution < -0.4 is 16.1 Å². The Morgan fingerprint density at radius 2 is 1.77 bits per heavy atom. The van der Waals surface area contributed by atoms with Crippen molar-refractivity contribution in [3.05, 3.63) is 106 Å². The second kappa shape index (κ2) is 11.9. The van der Waals surface area contributed by atoms with Crippen LogP contribution in [-0.2, 0) is 24.1 Å². The number of fused-ring (bicyclic) bond motifs is 1. The average Bonchev–Trinajstić information content (AvgIpc) is 2.87. The molecule has 0 aliphatic carbocycles. The molecule has 2 heterocycles. The van der Waals surface area contributed by atoms with Crippen molar-refractivity contribution in [3.8, 4) is 0 Å². The van der Waals surface area contributed by atoms with Gasteiger partial charge in [-0.2, -0.15) is 0 Å². The fourth-order valence-electron chi connectivity index (χ4n) is 3.97. The number of carbonyl (C=O) groups is 1. The summed E-state index contributed by atoms with van der Waals surface area (Å²) in [5.41, 5.74) is 2.31. The van der Waals surface area contributed by atoms with Crippen LogP contribution in [0.1, 0.15) is 23.3 Å². The lowest BCUT2D eigenvalue weighted by atomic mass is 10.0. The third-order valence-corrected chi connectivity index (χ3v) is 5.80. The molecule has 0 amide bonds. The van der Waals surface area contributed by atoms with Crippen LogP contribution in [0.5, 0.6) is 0 Å². The van der Waals surface area contributed by atoms with Crippen molar-refractivity contribution in [2.75, 3.05) is 18.4 Å². The molecule has 180 valence electrons. The number of carboxylic acids is 1. The SMILES string of the molecule is O=C(O)[C@H](Cc1ccc2oc(CCCNc3ccccn3)cc(=O)c2c1)NCCc1ccccc1. The molecule has 0 radical (unpaired) electrons. The standard InChI is InChI=1S/C28H29N3O4/c32-25-19-22(9-6-15-31-27-10-4-5-14-30-27)35-26-12-11-21(17-23(25)26)18-24(28(33)34)29-16-13-20-7-2-1-3-8-20/h1-5,7-8,10-12,14,17,19,24,29H,6,9,13,15-16,18H2,(H,30,31)(H,33,34)/t24-/m0/s1. The summed E-state index contributed by atoms with van der Waals surface area (Å²) in [6.45, 7) is 1.26. The number of aryl methyl sites for hydroxylation is 1. The summed E-state index contributed by atoms with van der Waals surface area (Å²) in [5, 5.41) is 16.5. The number of nitrogens with zero attached hydrogens (tertiary/aromatic N) is 1. The Labute approximate surface area is 203 Å². The molecule has 0 spiro atoms. The summed E-state index contributed by atoms with van der Waals surface area (Å²) in [6, 6.07) is 21.7. The van der Waals surface area contributed by atoms with Crippen molar-refractivity contribution in [3.63, 3.8) is 0 Å². The van der Waals surface area contributed by atoms with Crippen molar-refractivity contribution in [2.45, 2.75) is 31.7 Å². The quantitative estimate of drug-likeness (QED) is 0.268. The van der Waals surface area contributed by atoms with Crippen LogP contribution in [0.15, 0.2) is 88.2 Å². The number of pyridine rings is 1. The lowest BCUT2D eigenvalue weighted by molar-refractivity contribution is -0.139. The number of rotatable bonds is 12. The van der Waals surface area contributed by atoms with Gasteiger partial charge in [0.1, 0.15) is 23.2 Å². The van der Waals surface area contributed by atoms with E-state index in [1.54, 1.807) is 18.3 Å². The summed E-state index contributed by atoms with van der Waals surface area (Å²) >= 11 is 0. The minimum atomic E-state index is -0.917. The Hall–Kier alpha value is -3.97. The van der Waals surface area contributed by atoms with E-state index in [-0.39, 0.29) is 11.8 Å². The lowest BCUT2D eigenvalue weighted by Crippen LogP contribution is -2.39. The Balaban J connectivity index is 1.35. The number of anilines is 1. The maximum Gasteiger partial charge on any atom is 0.321 e. The molecule has 7 nitrogen and oxygen atoms in total. The van der Waals surface area contributed by atoms with Crippen LogP contribution in [0.3, 0.4) is 0 Å². The molecule has 0 saturated carbocycles. The third kappa shape index (κ3) is 7.01. The first-order chi connectivity index (χ1) is 17.1. The Kier molecular flexibility index (Phi) is 8.25. The molecule has 0 aliphatic rings. The van der Waals surface area contributed by atoms with Gasteiger partial charge in [0.2, 0.25) is 0 Å². The molecule has 0 unspecified atom stereocenters.